The third-order valence-corrected chi connectivity index (χ3v) is 13.3. The number of amides is 5. The molecule has 1 aromatic rings. The zero-order valence-electron chi connectivity index (χ0n) is 31.1. The molecule has 308 valence electrons. The van der Waals surface area contributed by atoms with Crippen molar-refractivity contribution < 1.29 is 55.0 Å². The highest BCUT2D eigenvalue weighted by molar-refractivity contribution is 7.90. The second-order valence-corrected chi connectivity index (χ2v) is 17.6. The number of alkyl carbamates (subject to hydrolysis) is 1. The predicted octanol–water partition coefficient (Wildman–Crippen LogP) is 4.55. The number of fused-ring (bicyclic) bond motifs is 1. The minimum Gasteiger partial charge on any atom is -0.446 e. The highest BCUT2D eigenvalue weighted by atomic mass is 32.2. The quantitative estimate of drug-likeness (QED) is 0.213. The minimum absolute atomic E-state index is 0.0282. The van der Waals surface area contributed by atoms with Crippen LogP contribution in [0.4, 0.5) is 22.8 Å². The number of ether oxygens (including phenoxy) is 2. The van der Waals surface area contributed by atoms with Crippen LogP contribution in [0.3, 0.4) is 0 Å². The van der Waals surface area contributed by atoms with E-state index in [1.54, 1.807) is 18.2 Å². The Morgan fingerprint density at radius 2 is 1.71 bits per heavy atom. The number of allylic oxidation sites excluding steroid dienone is 2. The molecule has 0 radical (unpaired) electrons. The van der Waals surface area contributed by atoms with Gasteiger partial charge in [-0.15, -0.1) is 0 Å². The van der Waals surface area contributed by atoms with Crippen LogP contribution in [0.2, 0.25) is 0 Å². The maximum absolute atomic E-state index is 15.4. The standard InChI is InChI=1S/C38H50F3N5O9S/c39-30-13-6-9-24-20-45(22-29(24)30)37(51)55-26-19-32(33(42)47)46(21-26)35(49)31(43-36(50)54-25-10-1-2-11-25)16-18-38(40,41)17-4-3-7-23-8-5-12-28(23)34(48)44-56(52,53)27-14-15-27/h3,6-7,9,13,23,25-28,31-32H,1-2,4-5,8,10-12,14-22H2,(H2,42,47)(H,43,50)(H,44,48)/b7-3-/t23-,26-,28?,31+,32+/m1/s1. The van der Waals surface area contributed by atoms with Crippen molar-refractivity contribution in [2.24, 2.45) is 17.6 Å². The van der Waals surface area contributed by atoms with Crippen LogP contribution in [0.15, 0.2) is 30.4 Å². The number of alkyl halides is 2. The van der Waals surface area contributed by atoms with E-state index in [1.807, 2.05) is 0 Å². The van der Waals surface area contributed by atoms with Gasteiger partial charge < -0.3 is 25.4 Å². The highest BCUT2D eigenvalue weighted by Gasteiger charge is 2.45. The van der Waals surface area contributed by atoms with Gasteiger partial charge in [0.05, 0.1) is 18.3 Å². The van der Waals surface area contributed by atoms with Gasteiger partial charge in [0, 0.05) is 37.3 Å². The number of halogens is 3. The molecule has 18 heteroatoms. The van der Waals surface area contributed by atoms with Crippen molar-refractivity contribution in [2.45, 2.75) is 138 Å². The molecule has 0 bridgehead atoms. The highest BCUT2D eigenvalue weighted by Crippen LogP contribution is 2.36. The number of carbonyl (C=O) groups is 5. The summed E-state index contributed by atoms with van der Waals surface area (Å²) in [5.41, 5.74) is 6.62. The zero-order valence-corrected chi connectivity index (χ0v) is 32.0. The van der Waals surface area contributed by atoms with Gasteiger partial charge in [0.15, 0.2) is 0 Å². The second-order valence-electron chi connectivity index (χ2n) is 15.7. The lowest BCUT2D eigenvalue weighted by molar-refractivity contribution is -0.139. The summed E-state index contributed by atoms with van der Waals surface area (Å²) in [6.45, 7) is -0.221. The van der Waals surface area contributed by atoms with Gasteiger partial charge in [0.25, 0.3) is 0 Å². The number of hydrogen-bond acceptors (Lipinski definition) is 9. The fraction of sp³-hybridized carbons (Fsp3) is 0.658. The number of sulfonamides is 1. The number of hydrogen-bond donors (Lipinski definition) is 3. The summed E-state index contributed by atoms with van der Waals surface area (Å²) in [6, 6.07) is 1.73. The molecular weight excluding hydrogens is 760 g/mol. The largest absolute Gasteiger partial charge is 0.446 e. The van der Waals surface area contributed by atoms with Crippen molar-refractivity contribution in [1.29, 1.82) is 0 Å². The van der Waals surface area contributed by atoms with Gasteiger partial charge in [0.1, 0.15) is 30.1 Å². The first kappa shape index (κ1) is 41.3. The van der Waals surface area contributed by atoms with E-state index in [2.05, 4.69) is 10.0 Å². The molecule has 4 fully saturated rings. The van der Waals surface area contributed by atoms with E-state index in [-0.39, 0.29) is 44.5 Å². The van der Waals surface area contributed by atoms with Crippen molar-refractivity contribution in [3.05, 3.63) is 47.3 Å². The van der Waals surface area contributed by atoms with E-state index < -0.39 is 100 Å². The monoisotopic (exact) mass is 809 g/mol. The Labute approximate surface area is 324 Å². The fourth-order valence-electron chi connectivity index (χ4n) is 8.18. The maximum Gasteiger partial charge on any atom is 0.410 e. The van der Waals surface area contributed by atoms with E-state index in [9.17, 15) is 36.8 Å². The van der Waals surface area contributed by atoms with E-state index in [0.29, 0.717) is 56.1 Å². The van der Waals surface area contributed by atoms with Gasteiger partial charge >= 0.3 is 12.2 Å². The lowest BCUT2D eigenvalue weighted by Gasteiger charge is -2.28. The molecule has 2 aliphatic heterocycles. The van der Waals surface area contributed by atoms with E-state index in [0.717, 1.165) is 17.7 Å². The van der Waals surface area contributed by atoms with Crippen LogP contribution in [-0.4, -0.2) is 90.1 Å². The lowest BCUT2D eigenvalue weighted by atomic mass is 9.94. The molecule has 6 rings (SSSR count). The number of benzene rings is 1. The van der Waals surface area contributed by atoms with Crippen LogP contribution in [-0.2, 0) is 47.0 Å². The Kier molecular flexibility index (Phi) is 12.8. The first-order chi connectivity index (χ1) is 26.6. The summed E-state index contributed by atoms with van der Waals surface area (Å²) >= 11 is 0. The number of nitrogens with two attached hydrogens (primary N) is 1. The normalized spacial score (nSPS) is 24.6. The van der Waals surface area contributed by atoms with Crippen molar-refractivity contribution in [2.75, 3.05) is 6.54 Å². The van der Waals surface area contributed by atoms with E-state index in [4.69, 9.17) is 15.2 Å². The van der Waals surface area contributed by atoms with Crippen LogP contribution in [0.5, 0.6) is 0 Å². The third-order valence-electron chi connectivity index (χ3n) is 11.5. The third kappa shape index (κ3) is 10.3. The second kappa shape index (κ2) is 17.4. The van der Waals surface area contributed by atoms with Crippen LogP contribution in [0, 0.1) is 17.7 Å². The zero-order chi connectivity index (χ0) is 40.2. The first-order valence-corrected chi connectivity index (χ1v) is 21.0. The summed E-state index contributed by atoms with van der Waals surface area (Å²) in [7, 11) is -3.70. The summed E-state index contributed by atoms with van der Waals surface area (Å²) in [5, 5.41) is 1.89. The average Bonchev–Trinajstić information content (AvgIpc) is 3.50. The van der Waals surface area contributed by atoms with Crippen LogP contribution >= 0.6 is 0 Å². The molecule has 5 atom stereocenters. The molecule has 3 aliphatic carbocycles. The van der Waals surface area contributed by atoms with Gasteiger partial charge in [-0.1, -0.05) is 30.7 Å². The Hall–Kier alpha value is -4.35. The summed E-state index contributed by atoms with van der Waals surface area (Å²) in [5.74, 6) is -6.95. The van der Waals surface area contributed by atoms with Crippen LogP contribution < -0.4 is 15.8 Å². The molecule has 1 saturated heterocycles. The molecule has 5 amide bonds. The summed E-state index contributed by atoms with van der Waals surface area (Å²) < 4.78 is 82.7. The van der Waals surface area contributed by atoms with Crippen molar-refractivity contribution in [3.63, 3.8) is 0 Å². The molecule has 3 saturated carbocycles. The maximum atomic E-state index is 15.4. The minimum atomic E-state index is -3.70. The molecule has 2 heterocycles. The Balaban J connectivity index is 1.05. The van der Waals surface area contributed by atoms with Crippen molar-refractivity contribution in [3.8, 4) is 0 Å². The van der Waals surface area contributed by atoms with Crippen LogP contribution in [0.25, 0.3) is 0 Å². The van der Waals surface area contributed by atoms with Crippen LogP contribution in [0.1, 0.15) is 101 Å². The molecular formula is C38H50F3N5O9S. The Morgan fingerprint density at radius 1 is 0.964 bits per heavy atom. The molecule has 56 heavy (non-hydrogen) atoms. The molecule has 4 N–H and O–H groups in total. The van der Waals surface area contributed by atoms with Gasteiger partial charge in [-0.05, 0) is 81.8 Å². The molecule has 0 spiro atoms. The fourth-order valence-corrected chi connectivity index (χ4v) is 9.54. The molecule has 14 nitrogen and oxygen atoms in total. The number of nitrogens with zero attached hydrogens (tertiary/aromatic N) is 2. The molecule has 1 unspecified atom stereocenters. The van der Waals surface area contributed by atoms with E-state index in [1.165, 1.54) is 17.0 Å². The number of likely N-dealkylation sites (tertiary alicyclic amines) is 1. The molecule has 5 aliphatic rings. The SMILES string of the molecule is NC(=O)[C@@H]1C[C@@H](OC(=O)N2Cc3cccc(F)c3C2)CN1C(=O)[C@H](CCC(F)(F)CC/C=C\[C@@H]1CCCC1C(=O)NS(=O)(=O)C1CC1)NC(=O)OC1CCCC1. The van der Waals surface area contributed by atoms with Gasteiger partial charge in [-0.3, -0.25) is 24.0 Å². The van der Waals surface area contributed by atoms with Gasteiger partial charge in [-0.25, -0.2) is 31.2 Å². The lowest BCUT2D eigenvalue weighted by Crippen LogP contribution is -2.53. The number of rotatable bonds is 15. The smallest absolute Gasteiger partial charge is 0.410 e. The molecule has 1 aromatic carbocycles. The Bertz CT molecular complexity index is 1800. The van der Waals surface area contributed by atoms with Crippen molar-refractivity contribution >= 4 is 39.9 Å². The predicted molar refractivity (Wildman–Crippen MR) is 194 cm³/mol. The Morgan fingerprint density at radius 3 is 2.41 bits per heavy atom. The van der Waals surface area contributed by atoms with Crippen molar-refractivity contribution in [1.82, 2.24) is 19.8 Å². The number of primary amides is 1. The van der Waals surface area contributed by atoms with E-state index >= 15 is 8.78 Å². The summed E-state index contributed by atoms with van der Waals surface area (Å²) in [6.07, 6.45) is 3.76. The first-order valence-electron chi connectivity index (χ1n) is 19.5. The summed E-state index contributed by atoms with van der Waals surface area (Å²) in [4.78, 5) is 67.5. The van der Waals surface area contributed by atoms with Gasteiger partial charge in [0.2, 0.25) is 33.7 Å². The molecule has 0 aromatic heterocycles. The number of carbonyl (C=O) groups excluding carboxylic acids is 5. The number of nitrogens with one attached hydrogen (secondary N) is 2. The van der Waals surface area contributed by atoms with Gasteiger partial charge in [-0.2, -0.15) is 0 Å². The average molecular weight is 810 g/mol. The topological polar surface area (TPSA) is 195 Å².